The lowest BCUT2D eigenvalue weighted by Crippen LogP contribution is -2.62. The Morgan fingerprint density at radius 1 is 0.442 bits per heavy atom. The van der Waals surface area contributed by atoms with Crippen LogP contribution in [0.25, 0.3) is 0 Å². The summed E-state index contributed by atoms with van der Waals surface area (Å²) in [5, 5.41) is 1.45. The topological polar surface area (TPSA) is 9.72 Å². The summed E-state index contributed by atoms with van der Waals surface area (Å²) in [5.74, 6) is 0. The molecule has 3 nitrogen and oxygen atoms in total. The molecule has 0 N–H and O–H groups in total. The van der Waals surface area contributed by atoms with Crippen LogP contribution in [0.5, 0.6) is 0 Å². The van der Waals surface area contributed by atoms with Gasteiger partial charge in [0.15, 0.2) is 0 Å². The molecule has 0 spiro atoms. The van der Waals surface area contributed by atoms with Crippen LogP contribution in [-0.4, -0.2) is 14.8 Å². The molecule has 9 rings (SSSR count). The van der Waals surface area contributed by atoms with Gasteiger partial charge < -0.3 is 14.7 Å². The van der Waals surface area contributed by atoms with Crippen molar-refractivity contribution >= 4 is 87.5 Å². The lowest BCUT2D eigenvalue weighted by molar-refractivity contribution is 1.24. The molecule has 5 heteroatoms. The van der Waals surface area contributed by atoms with Crippen LogP contribution in [0.4, 0.5) is 51.2 Å². The second-order valence-electron chi connectivity index (χ2n) is 15.3. The second-order valence-corrected chi connectivity index (χ2v) is 20.3. The van der Waals surface area contributed by atoms with Gasteiger partial charge in [0.05, 0.1) is 8.07 Å². The molecule has 0 fully saturated rings. The Bertz CT molecular complexity index is 2380. The maximum Gasteiger partial charge on any atom is 0.252 e. The molecule has 2 heterocycles. The van der Waals surface area contributed by atoms with E-state index in [-0.39, 0.29) is 6.71 Å². The molecule has 7 aromatic rings. The second kappa shape index (κ2) is 12.5. The minimum absolute atomic E-state index is 0.0724. The highest BCUT2D eigenvalue weighted by atomic mass is 28.3. The van der Waals surface area contributed by atoms with E-state index in [9.17, 15) is 0 Å². The van der Waals surface area contributed by atoms with Crippen molar-refractivity contribution in [2.45, 2.75) is 33.5 Å². The van der Waals surface area contributed by atoms with E-state index in [1.54, 1.807) is 0 Å². The summed E-state index contributed by atoms with van der Waals surface area (Å²) < 4.78 is 0. The summed E-state index contributed by atoms with van der Waals surface area (Å²) in [7, 11) is -1.78. The molecule has 7 aromatic carbocycles. The van der Waals surface area contributed by atoms with Crippen molar-refractivity contribution in [2.75, 3.05) is 14.7 Å². The summed E-state index contributed by atoms with van der Waals surface area (Å²) in [6.45, 7) is 11.9. The van der Waals surface area contributed by atoms with E-state index >= 15 is 0 Å². The van der Waals surface area contributed by atoms with Crippen LogP contribution in [0.1, 0.15) is 11.1 Å². The minimum Gasteiger partial charge on any atom is -0.311 e. The van der Waals surface area contributed by atoms with Crippen LogP contribution in [0.3, 0.4) is 0 Å². The maximum absolute atomic E-state index is 2.54. The summed E-state index contributed by atoms with van der Waals surface area (Å²) in [6.07, 6.45) is 0. The summed E-state index contributed by atoms with van der Waals surface area (Å²) >= 11 is 0. The van der Waals surface area contributed by atoms with Gasteiger partial charge in [0.2, 0.25) is 0 Å². The van der Waals surface area contributed by atoms with Gasteiger partial charge in [0, 0.05) is 51.2 Å². The number of rotatable bonds is 6. The van der Waals surface area contributed by atoms with Crippen LogP contribution >= 0.6 is 0 Å². The van der Waals surface area contributed by atoms with Crippen molar-refractivity contribution in [3.8, 4) is 0 Å². The van der Waals surface area contributed by atoms with Crippen molar-refractivity contribution in [1.29, 1.82) is 0 Å². The highest BCUT2D eigenvalue weighted by Gasteiger charge is 2.44. The van der Waals surface area contributed by atoms with E-state index in [1.165, 1.54) is 61.1 Å². The van der Waals surface area contributed by atoms with Gasteiger partial charge in [0.1, 0.15) is 0 Å². The van der Waals surface area contributed by atoms with Gasteiger partial charge in [-0.3, -0.25) is 0 Å². The van der Waals surface area contributed by atoms with Gasteiger partial charge in [0.25, 0.3) is 6.71 Å². The van der Waals surface area contributed by atoms with Crippen LogP contribution in [0.15, 0.2) is 164 Å². The van der Waals surface area contributed by atoms with Crippen molar-refractivity contribution in [3.63, 3.8) is 0 Å². The standard InChI is InChI=1S/C47H42BN3Si/c1-33-21-24-38(25-22-33)50-43-28-23-34(2)29-42(43)48-41-27-26-39(49(35-15-9-6-10-16-35)36-17-11-7-12-18-36)30-44(41)51(37-19-13-8-14-20-37)46-32-40(52(3,4)5)31-45(50)47(46)48/h6-32H,1-5H3. The molecule has 0 aliphatic carbocycles. The van der Waals surface area contributed by atoms with Crippen molar-refractivity contribution in [1.82, 2.24) is 0 Å². The molecule has 0 radical (unpaired) electrons. The van der Waals surface area contributed by atoms with Gasteiger partial charge in [-0.15, -0.1) is 0 Å². The lowest BCUT2D eigenvalue weighted by atomic mass is 9.33. The fraction of sp³-hybridized carbons (Fsp3) is 0.106. The van der Waals surface area contributed by atoms with Gasteiger partial charge in [-0.2, -0.15) is 0 Å². The fourth-order valence-corrected chi connectivity index (χ4v) is 9.25. The number of fused-ring (bicyclic) bond motifs is 4. The van der Waals surface area contributed by atoms with Crippen LogP contribution in [-0.2, 0) is 0 Å². The predicted molar refractivity (Wildman–Crippen MR) is 228 cm³/mol. The highest BCUT2D eigenvalue weighted by molar-refractivity contribution is 7.00. The minimum atomic E-state index is -1.78. The van der Waals surface area contributed by atoms with Gasteiger partial charge in [-0.05, 0) is 109 Å². The zero-order valence-electron chi connectivity index (χ0n) is 30.5. The van der Waals surface area contributed by atoms with E-state index in [4.69, 9.17) is 0 Å². The number of anilines is 9. The van der Waals surface area contributed by atoms with Gasteiger partial charge >= 0.3 is 0 Å². The van der Waals surface area contributed by atoms with Gasteiger partial charge in [-0.1, -0.05) is 121 Å². The summed E-state index contributed by atoms with van der Waals surface area (Å²) in [6, 6.07) is 60.7. The SMILES string of the molecule is Cc1ccc(N2c3ccc(C)cc3B3c4ccc(N(c5ccccc5)c5ccccc5)cc4N(c4ccccc4)c4cc([Si](C)(C)C)cc2c43)cc1. The molecular formula is C47H42BN3Si. The molecule has 2 aliphatic heterocycles. The predicted octanol–water partition coefficient (Wildman–Crippen LogP) is 10.4. The third-order valence-electron chi connectivity index (χ3n) is 10.7. The molecule has 0 bridgehead atoms. The van der Waals surface area contributed by atoms with E-state index in [0.717, 1.165) is 22.7 Å². The monoisotopic (exact) mass is 687 g/mol. The van der Waals surface area contributed by atoms with E-state index in [0.29, 0.717) is 0 Å². The first-order chi connectivity index (χ1) is 25.3. The van der Waals surface area contributed by atoms with Crippen LogP contribution in [0, 0.1) is 13.8 Å². The first-order valence-electron chi connectivity index (χ1n) is 18.3. The fourth-order valence-electron chi connectivity index (χ4n) is 8.11. The normalized spacial score (nSPS) is 13.0. The molecule has 52 heavy (non-hydrogen) atoms. The molecule has 0 saturated heterocycles. The number of aryl methyl sites for hydroxylation is 2. The largest absolute Gasteiger partial charge is 0.311 e. The number of hydrogen-bond acceptors (Lipinski definition) is 3. The smallest absolute Gasteiger partial charge is 0.252 e. The lowest BCUT2D eigenvalue weighted by Gasteiger charge is -2.45. The van der Waals surface area contributed by atoms with Crippen LogP contribution in [0.2, 0.25) is 19.6 Å². The Morgan fingerprint density at radius 3 is 1.58 bits per heavy atom. The molecular weight excluding hydrogens is 645 g/mol. The first kappa shape index (κ1) is 32.2. The molecule has 0 amide bonds. The number of benzene rings is 7. The molecule has 0 saturated carbocycles. The molecule has 0 atom stereocenters. The Labute approximate surface area is 309 Å². The van der Waals surface area contributed by atoms with E-state index in [1.807, 2.05) is 0 Å². The molecule has 252 valence electrons. The number of hydrogen-bond donors (Lipinski definition) is 0. The number of nitrogens with zero attached hydrogens (tertiary/aromatic N) is 3. The zero-order valence-corrected chi connectivity index (χ0v) is 31.5. The Morgan fingerprint density at radius 2 is 0.981 bits per heavy atom. The third kappa shape index (κ3) is 5.35. The number of para-hydroxylation sites is 3. The van der Waals surface area contributed by atoms with E-state index < -0.39 is 8.07 Å². The first-order valence-corrected chi connectivity index (χ1v) is 21.8. The average Bonchev–Trinajstić information content (AvgIpc) is 3.16. The quantitative estimate of drug-likeness (QED) is 0.161. The van der Waals surface area contributed by atoms with E-state index in [2.05, 4.69) is 212 Å². The van der Waals surface area contributed by atoms with Gasteiger partial charge in [-0.25, -0.2) is 0 Å². The van der Waals surface area contributed by atoms with Crippen molar-refractivity contribution in [3.05, 3.63) is 175 Å². The average molecular weight is 688 g/mol. The molecule has 2 aliphatic rings. The zero-order chi connectivity index (χ0) is 35.6. The van der Waals surface area contributed by atoms with Crippen LogP contribution < -0.4 is 36.3 Å². The summed E-state index contributed by atoms with van der Waals surface area (Å²) in [5.41, 5.74) is 17.3. The Balaban J connectivity index is 1.37. The summed E-state index contributed by atoms with van der Waals surface area (Å²) in [4.78, 5) is 7.45. The van der Waals surface area contributed by atoms with Crippen molar-refractivity contribution in [2.24, 2.45) is 0 Å². The molecule has 0 aromatic heterocycles. The Hall–Kier alpha value is -5.78. The highest BCUT2D eigenvalue weighted by Crippen LogP contribution is 2.45. The maximum atomic E-state index is 2.54. The Kier molecular flexibility index (Phi) is 7.71. The third-order valence-corrected chi connectivity index (χ3v) is 12.7. The molecule has 0 unspecified atom stereocenters. The van der Waals surface area contributed by atoms with Crippen molar-refractivity contribution < 1.29 is 0 Å².